The monoisotopic (exact) mass is 378 g/mol. The molecule has 0 aliphatic carbocycles. The Kier molecular flexibility index (Phi) is 7.49. The minimum Gasteiger partial charge on any atom is -0.351 e. The highest BCUT2D eigenvalue weighted by atomic mass is 32.2. The zero-order valence-corrected chi connectivity index (χ0v) is 15.6. The number of hydrogen-bond acceptors (Lipinski definition) is 4. The molecule has 2 aromatic rings. The molecule has 0 aliphatic heterocycles. The largest absolute Gasteiger partial charge is 0.351 e. The van der Waals surface area contributed by atoms with E-state index in [1.165, 1.54) is 12.1 Å². The van der Waals surface area contributed by atoms with Gasteiger partial charge in [-0.15, -0.1) is 0 Å². The molecule has 0 spiro atoms. The summed E-state index contributed by atoms with van der Waals surface area (Å²) in [5.74, 6) is 0.359. The van der Waals surface area contributed by atoms with Crippen molar-refractivity contribution in [3.05, 3.63) is 66.2 Å². The molecule has 0 saturated heterocycles. The van der Waals surface area contributed by atoms with Crippen LogP contribution in [0.4, 0.5) is 0 Å². The average molecular weight is 379 g/mol. The lowest BCUT2D eigenvalue weighted by Crippen LogP contribution is -2.46. The van der Waals surface area contributed by atoms with Gasteiger partial charge >= 0.3 is 0 Å². The van der Waals surface area contributed by atoms with Gasteiger partial charge in [0.1, 0.15) is 6.04 Å². The first-order valence-electron chi connectivity index (χ1n) is 7.91. The van der Waals surface area contributed by atoms with Gasteiger partial charge in [-0.3, -0.25) is 4.79 Å². The number of carbonyl (C=O) groups is 1. The minimum atomic E-state index is -3.74. The highest BCUT2D eigenvalue weighted by Crippen LogP contribution is 2.11. The summed E-state index contributed by atoms with van der Waals surface area (Å²) in [6.45, 7) is 0.364. The SMILES string of the molecule is CSCCC(NS(=O)(=O)c1ccccc1)C(=O)NCc1ccccc1. The second kappa shape index (κ2) is 9.60. The van der Waals surface area contributed by atoms with E-state index < -0.39 is 16.1 Å². The van der Waals surface area contributed by atoms with E-state index in [0.717, 1.165) is 5.56 Å². The Morgan fingerprint density at radius 2 is 1.64 bits per heavy atom. The van der Waals surface area contributed by atoms with Crippen molar-refractivity contribution in [1.29, 1.82) is 0 Å². The molecule has 2 N–H and O–H groups in total. The van der Waals surface area contributed by atoms with Crippen molar-refractivity contribution < 1.29 is 13.2 Å². The summed E-state index contributed by atoms with van der Waals surface area (Å²) in [4.78, 5) is 12.6. The van der Waals surface area contributed by atoms with Crippen LogP contribution < -0.4 is 10.0 Å². The third-order valence-corrected chi connectivity index (χ3v) is 5.72. The van der Waals surface area contributed by atoms with E-state index in [2.05, 4.69) is 10.0 Å². The number of hydrogen-bond donors (Lipinski definition) is 2. The molecule has 7 heteroatoms. The fourth-order valence-electron chi connectivity index (χ4n) is 2.24. The van der Waals surface area contributed by atoms with Crippen molar-refractivity contribution in [3.63, 3.8) is 0 Å². The Labute approximate surface area is 153 Å². The molecule has 0 radical (unpaired) electrons. The van der Waals surface area contributed by atoms with Crippen LogP contribution in [0.3, 0.4) is 0 Å². The van der Waals surface area contributed by atoms with Crippen molar-refractivity contribution in [1.82, 2.24) is 10.0 Å². The van der Waals surface area contributed by atoms with Crippen LogP contribution in [0.15, 0.2) is 65.6 Å². The molecule has 2 rings (SSSR count). The Hall–Kier alpha value is -1.83. The van der Waals surface area contributed by atoms with Gasteiger partial charge in [-0.25, -0.2) is 8.42 Å². The van der Waals surface area contributed by atoms with Crippen molar-refractivity contribution in [3.8, 4) is 0 Å². The predicted molar refractivity (Wildman–Crippen MR) is 102 cm³/mol. The third-order valence-electron chi connectivity index (χ3n) is 3.59. The lowest BCUT2D eigenvalue weighted by molar-refractivity contribution is -0.122. The number of sulfonamides is 1. The molecular weight excluding hydrogens is 356 g/mol. The second-order valence-corrected chi connectivity index (χ2v) is 8.17. The number of amides is 1. The first kappa shape index (κ1) is 19.5. The zero-order valence-electron chi connectivity index (χ0n) is 14.0. The maximum absolute atomic E-state index is 12.5. The average Bonchev–Trinajstić information content (AvgIpc) is 2.64. The molecule has 0 aromatic heterocycles. The summed E-state index contributed by atoms with van der Waals surface area (Å²) in [5.41, 5.74) is 0.963. The molecule has 25 heavy (non-hydrogen) atoms. The fraction of sp³-hybridized carbons (Fsp3) is 0.278. The molecule has 0 bridgehead atoms. The first-order chi connectivity index (χ1) is 12.0. The number of carbonyl (C=O) groups excluding carboxylic acids is 1. The molecule has 5 nitrogen and oxygen atoms in total. The summed E-state index contributed by atoms with van der Waals surface area (Å²) in [6.07, 6.45) is 2.35. The van der Waals surface area contributed by atoms with Gasteiger partial charge in [0.15, 0.2) is 0 Å². The van der Waals surface area contributed by atoms with Crippen LogP contribution >= 0.6 is 11.8 Å². The Morgan fingerprint density at radius 1 is 1.04 bits per heavy atom. The molecule has 0 saturated carbocycles. The van der Waals surface area contributed by atoms with E-state index in [4.69, 9.17) is 0 Å². The van der Waals surface area contributed by atoms with Gasteiger partial charge in [0.25, 0.3) is 0 Å². The van der Waals surface area contributed by atoms with Crippen LogP contribution in [0.5, 0.6) is 0 Å². The fourth-order valence-corrected chi connectivity index (χ4v) is 3.96. The van der Waals surface area contributed by atoms with Crippen molar-refractivity contribution in [2.45, 2.75) is 23.9 Å². The quantitative estimate of drug-likeness (QED) is 0.703. The standard InChI is InChI=1S/C18H22N2O3S2/c1-24-13-12-17(18(21)19-14-15-8-4-2-5-9-15)20-25(22,23)16-10-6-3-7-11-16/h2-11,17,20H,12-14H2,1H3,(H,19,21). The maximum atomic E-state index is 12.5. The van der Waals surface area contributed by atoms with Gasteiger partial charge in [-0.1, -0.05) is 48.5 Å². The predicted octanol–water partition coefficient (Wildman–Crippen LogP) is 2.40. The topological polar surface area (TPSA) is 75.3 Å². The maximum Gasteiger partial charge on any atom is 0.241 e. The van der Waals surface area contributed by atoms with Crippen LogP contribution in [0.25, 0.3) is 0 Å². The summed E-state index contributed by atoms with van der Waals surface area (Å²) in [5, 5.41) is 2.81. The number of thioether (sulfide) groups is 1. The van der Waals surface area contributed by atoms with Gasteiger partial charge in [0, 0.05) is 6.54 Å². The molecule has 0 aliphatic rings. The molecule has 1 unspecified atom stereocenters. The number of benzene rings is 2. The second-order valence-electron chi connectivity index (χ2n) is 5.47. The molecule has 2 aromatic carbocycles. The van der Waals surface area contributed by atoms with Crippen LogP contribution in [-0.4, -0.2) is 32.4 Å². The van der Waals surface area contributed by atoms with Gasteiger partial charge < -0.3 is 5.32 Å². The molecule has 134 valence electrons. The van der Waals surface area contributed by atoms with Gasteiger partial charge in [-0.05, 0) is 36.1 Å². The van der Waals surface area contributed by atoms with Gasteiger partial charge in [0.05, 0.1) is 4.90 Å². The van der Waals surface area contributed by atoms with Crippen LogP contribution in [0, 0.1) is 0 Å². The van der Waals surface area contributed by atoms with Crippen molar-refractivity contribution in [2.24, 2.45) is 0 Å². The lowest BCUT2D eigenvalue weighted by Gasteiger charge is -2.18. The van der Waals surface area contributed by atoms with E-state index in [9.17, 15) is 13.2 Å². The highest BCUT2D eigenvalue weighted by molar-refractivity contribution is 7.98. The summed E-state index contributed by atoms with van der Waals surface area (Å²) < 4.78 is 27.5. The van der Waals surface area contributed by atoms with E-state index in [1.54, 1.807) is 30.0 Å². The highest BCUT2D eigenvalue weighted by Gasteiger charge is 2.25. The van der Waals surface area contributed by atoms with E-state index in [-0.39, 0.29) is 10.8 Å². The van der Waals surface area contributed by atoms with Crippen LogP contribution in [-0.2, 0) is 21.4 Å². The Balaban J connectivity index is 2.05. The summed E-state index contributed by atoms with van der Waals surface area (Å²) in [7, 11) is -3.74. The van der Waals surface area contributed by atoms with Crippen molar-refractivity contribution in [2.75, 3.05) is 12.0 Å². The third kappa shape index (κ3) is 6.19. The molecular formula is C18H22N2O3S2. The summed E-state index contributed by atoms with van der Waals surface area (Å²) in [6, 6.07) is 16.8. The molecule has 0 fully saturated rings. The van der Waals surface area contributed by atoms with Crippen molar-refractivity contribution >= 4 is 27.7 Å². The van der Waals surface area contributed by atoms with Crippen LogP contribution in [0.1, 0.15) is 12.0 Å². The summed E-state index contributed by atoms with van der Waals surface area (Å²) >= 11 is 1.57. The van der Waals surface area contributed by atoms with Crippen LogP contribution in [0.2, 0.25) is 0 Å². The molecule has 1 atom stereocenters. The van der Waals surface area contributed by atoms with E-state index in [0.29, 0.717) is 18.7 Å². The van der Waals surface area contributed by atoms with E-state index >= 15 is 0 Å². The molecule has 1 amide bonds. The normalized spacial score (nSPS) is 12.5. The smallest absolute Gasteiger partial charge is 0.241 e. The first-order valence-corrected chi connectivity index (χ1v) is 10.8. The van der Waals surface area contributed by atoms with Gasteiger partial charge in [-0.2, -0.15) is 16.5 Å². The Bertz CT molecular complexity index is 765. The molecule has 0 heterocycles. The minimum absolute atomic E-state index is 0.153. The van der Waals surface area contributed by atoms with E-state index in [1.807, 2.05) is 36.6 Å². The number of rotatable bonds is 9. The Morgan fingerprint density at radius 3 is 2.24 bits per heavy atom. The number of nitrogens with one attached hydrogen (secondary N) is 2. The zero-order chi connectivity index (χ0) is 18.1. The lowest BCUT2D eigenvalue weighted by atomic mass is 10.2. The van der Waals surface area contributed by atoms with Gasteiger partial charge in [0.2, 0.25) is 15.9 Å².